The Labute approximate surface area is 68.7 Å². The number of nitrogens with one attached hydrogen (secondary N) is 1. The van der Waals surface area contributed by atoms with Crippen LogP contribution in [-0.4, -0.2) is 23.9 Å². The third-order valence-electron chi connectivity index (χ3n) is 1.71. The molecule has 60 valence electrons. The highest BCUT2D eigenvalue weighted by Gasteiger charge is 2.25. The fourth-order valence-electron chi connectivity index (χ4n) is 1.16. The lowest BCUT2D eigenvalue weighted by atomic mass is 10.0. The van der Waals surface area contributed by atoms with E-state index in [1.165, 1.54) is 6.08 Å². The molecule has 0 aromatic carbocycles. The summed E-state index contributed by atoms with van der Waals surface area (Å²) in [5.41, 5.74) is 0.565. The van der Waals surface area contributed by atoms with Crippen molar-refractivity contribution in [2.24, 2.45) is 4.99 Å². The number of hydrogen-bond acceptors (Lipinski definition) is 3. The molecule has 0 aromatic heterocycles. The summed E-state index contributed by atoms with van der Waals surface area (Å²) in [6.45, 7) is 0. The van der Waals surface area contributed by atoms with Crippen LogP contribution in [0.5, 0.6) is 0 Å². The number of carbonyl (C=O) groups excluding carboxylic acids is 2. The standard InChI is InChI=1S/C8H6N2O2/c11-6-3-1-2-5-8(6)9-4-7(12)10-5/h1-4,8H,(H,10,12). The monoisotopic (exact) mass is 162 g/mol. The Balaban J connectivity index is 2.40. The number of nitrogens with zero attached hydrogens (tertiary/aromatic N) is 1. The summed E-state index contributed by atoms with van der Waals surface area (Å²) >= 11 is 0. The van der Waals surface area contributed by atoms with Crippen LogP contribution in [0.2, 0.25) is 0 Å². The van der Waals surface area contributed by atoms with E-state index in [2.05, 4.69) is 10.3 Å². The molecule has 2 aliphatic rings. The van der Waals surface area contributed by atoms with Gasteiger partial charge in [-0.1, -0.05) is 6.08 Å². The number of rotatable bonds is 0. The topological polar surface area (TPSA) is 58.5 Å². The van der Waals surface area contributed by atoms with Gasteiger partial charge in [-0.2, -0.15) is 0 Å². The van der Waals surface area contributed by atoms with E-state index in [-0.39, 0.29) is 11.7 Å². The molecule has 0 bridgehead atoms. The average molecular weight is 162 g/mol. The summed E-state index contributed by atoms with van der Waals surface area (Å²) in [7, 11) is 0. The van der Waals surface area contributed by atoms with Gasteiger partial charge in [0.25, 0.3) is 5.91 Å². The molecule has 1 amide bonds. The van der Waals surface area contributed by atoms with Crippen LogP contribution in [0, 0.1) is 0 Å². The van der Waals surface area contributed by atoms with Crippen molar-refractivity contribution in [1.29, 1.82) is 0 Å². The van der Waals surface area contributed by atoms with Gasteiger partial charge in [-0.15, -0.1) is 0 Å². The zero-order valence-corrected chi connectivity index (χ0v) is 6.15. The number of aliphatic imine (C=N–C) groups is 1. The molecule has 1 unspecified atom stereocenters. The smallest absolute Gasteiger partial charge is 0.266 e. The van der Waals surface area contributed by atoms with Crippen molar-refractivity contribution in [2.75, 3.05) is 0 Å². The highest BCUT2D eigenvalue weighted by atomic mass is 16.2. The second kappa shape index (κ2) is 2.41. The van der Waals surface area contributed by atoms with Gasteiger partial charge in [0.15, 0.2) is 11.8 Å². The van der Waals surface area contributed by atoms with E-state index in [1.807, 2.05) is 0 Å². The van der Waals surface area contributed by atoms with Gasteiger partial charge in [0.2, 0.25) is 0 Å². The van der Waals surface area contributed by atoms with Gasteiger partial charge < -0.3 is 5.32 Å². The average Bonchev–Trinajstić information content (AvgIpc) is 2.04. The van der Waals surface area contributed by atoms with E-state index in [0.29, 0.717) is 5.70 Å². The van der Waals surface area contributed by atoms with Crippen LogP contribution in [0.3, 0.4) is 0 Å². The minimum atomic E-state index is -0.521. The van der Waals surface area contributed by atoms with Crippen LogP contribution in [-0.2, 0) is 9.59 Å². The lowest BCUT2D eigenvalue weighted by Crippen LogP contribution is -2.39. The van der Waals surface area contributed by atoms with Gasteiger partial charge in [0.05, 0.1) is 11.9 Å². The van der Waals surface area contributed by atoms with Gasteiger partial charge in [-0.25, -0.2) is 0 Å². The maximum absolute atomic E-state index is 11.1. The summed E-state index contributed by atoms with van der Waals surface area (Å²) in [6.07, 6.45) is 5.87. The van der Waals surface area contributed by atoms with E-state index in [4.69, 9.17) is 0 Å². The molecular weight excluding hydrogens is 156 g/mol. The van der Waals surface area contributed by atoms with Crippen LogP contribution in [0.15, 0.2) is 28.9 Å². The van der Waals surface area contributed by atoms with E-state index < -0.39 is 6.04 Å². The van der Waals surface area contributed by atoms with E-state index in [9.17, 15) is 9.59 Å². The molecule has 1 heterocycles. The number of carbonyl (C=O) groups is 2. The number of fused-ring (bicyclic) bond motifs is 1. The maximum atomic E-state index is 11.1. The lowest BCUT2D eigenvalue weighted by molar-refractivity contribution is -0.116. The first kappa shape index (κ1) is 6.97. The molecule has 1 N–H and O–H groups in total. The molecule has 2 rings (SSSR count). The summed E-state index contributed by atoms with van der Waals surface area (Å²) in [6, 6.07) is -0.521. The number of allylic oxidation sites excluding steroid dienone is 2. The molecule has 0 radical (unpaired) electrons. The quantitative estimate of drug-likeness (QED) is 0.525. The third-order valence-corrected chi connectivity index (χ3v) is 1.71. The molecular formula is C8H6N2O2. The Bertz CT molecular complexity index is 339. The third kappa shape index (κ3) is 0.972. The summed E-state index contributed by atoms with van der Waals surface area (Å²) in [5, 5.41) is 2.55. The minimum Gasteiger partial charge on any atom is -0.322 e. The molecule has 12 heavy (non-hydrogen) atoms. The predicted molar refractivity (Wildman–Crippen MR) is 42.7 cm³/mol. The molecule has 1 aliphatic heterocycles. The van der Waals surface area contributed by atoms with Gasteiger partial charge in [0.1, 0.15) is 0 Å². The van der Waals surface area contributed by atoms with Crippen molar-refractivity contribution in [3.63, 3.8) is 0 Å². The SMILES string of the molecule is O=C1C=NC2C(=O)C=CC=C2N1. The van der Waals surface area contributed by atoms with Crippen molar-refractivity contribution in [1.82, 2.24) is 5.32 Å². The molecule has 1 atom stereocenters. The Hall–Kier alpha value is -1.71. The van der Waals surface area contributed by atoms with Crippen LogP contribution in [0.1, 0.15) is 0 Å². The first-order valence-electron chi connectivity index (χ1n) is 3.53. The predicted octanol–water partition coefficient (Wildman–Crippen LogP) is -0.422. The Morgan fingerprint density at radius 3 is 3.08 bits per heavy atom. The molecule has 4 nitrogen and oxygen atoms in total. The number of ketones is 1. The van der Waals surface area contributed by atoms with Crippen molar-refractivity contribution in [3.05, 3.63) is 23.9 Å². The van der Waals surface area contributed by atoms with Crippen molar-refractivity contribution in [3.8, 4) is 0 Å². The second-order valence-corrected chi connectivity index (χ2v) is 2.55. The second-order valence-electron chi connectivity index (χ2n) is 2.55. The van der Waals surface area contributed by atoms with Crippen LogP contribution >= 0.6 is 0 Å². The highest BCUT2D eigenvalue weighted by molar-refractivity contribution is 6.28. The highest BCUT2D eigenvalue weighted by Crippen LogP contribution is 2.13. The largest absolute Gasteiger partial charge is 0.322 e. The Morgan fingerprint density at radius 2 is 2.25 bits per heavy atom. The zero-order valence-electron chi connectivity index (χ0n) is 6.15. The molecule has 4 heteroatoms. The van der Waals surface area contributed by atoms with Crippen molar-refractivity contribution < 1.29 is 9.59 Å². The molecule has 1 aliphatic carbocycles. The lowest BCUT2D eigenvalue weighted by Gasteiger charge is -2.19. The molecule has 0 aromatic rings. The minimum absolute atomic E-state index is 0.0937. The van der Waals surface area contributed by atoms with Crippen molar-refractivity contribution >= 4 is 17.9 Å². The molecule has 0 saturated heterocycles. The molecule has 0 spiro atoms. The summed E-state index contributed by atoms with van der Waals surface area (Å²) in [5.74, 6) is -0.371. The summed E-state index contributed by atoms with van der Waals surface area (Å²) in [4.78, 5) is 25.7. The summed E-state index contributed by atoms with van der Waals surface area (Å²) < 4.78 is 0. The first-order chi connectivity index (χ1) is 5.77. The number of amides is 1. The van der Waals surface area contributed by atoms with Gasteiger partial charge >= 0.3 is 0 Å². The first-order valence-corrected chi connectivity index (χ1v) is 3.53. The van der Waals surface area contributed by atoms with Crippen LogP contribution in [0.4, 0.5) is 0 Å². The molecule has 0 saturated carbocycles. The Kier molecular flexibility index (Phi) is 1.40. The Morgan fingerprint density at radius 1 is 1.42 bits per heavy atom. The zero-order chi connectivity index (χ0) is 8.55. The maximum Gasteiger partial charge on any atom is 0.266 e. The van der Waals surface area contributed by atoms with Gasteiger partial charge in [-0.05, 0) is 12.2 Å². The van der Waals surface area contributed by atoms with Gasteiger partial charge in [-0.3, -0.25) is 14.6 Å². The number of hydrogen-bond donors (Lipinski definition) is 1. The fraction of sp³-hybridized carbons (Fsp3) is 0.125. The van der Waals surface area contributed by atoms with Crippen molar-refractivity contribution in [2.45, 2.75) is 6.04 Å². The van der Waals surface area contributed by atoms with E-state index in [1.54, 1.807) is 12.2 Å². The van der Waals surface area contributed by atoms with Crippen LogP contribution in [0.25, 0.3) is 0 Å². The van der Waals surface area contributed by atoms with Gasteiger partial charge in [0, 0.05) is 0 Å². The fourth-order valence-corrected chi connectivity index (χ4v) is 1.16. The van der Waals surface area contributed by atoms with Crippen LogP contribution < -0.4 is 5.32 Å². The normalized spacial score (nSPS) is 26.3. The van der Waals surface area contributed by atoms with E-state index in [0.717, 1.165) is 6.21 Å². The van der Waals surface area contributed by atoms with E-state index >= 15 is 0 Å². The molecule has 0 fully saturated rings.